The van der Waals surface area contributed by atoms with E-state index in [9.17, 15) is 22.8 Å². The largest absolute Gasteiger partial charge is 0.416 e. The van der Waals surface area contributed by atoms with Gasteiger partial charge in [-0.25, -0.2) is 0 Å². The third-order valence-electron chi connectivity index (χ3n) is 4.93. The van der Waals surface area contributed by atoms with Crippen LogP contribution in [0.3, 0.4) is 0 Å². The lowest BCUT2D eigenvalue weighted by molar-refractivity contribution is -0.137. The monoisotopic (exact) mass is 424 g/mol. The summed E-state index contributed by atoms with van der Waals surface area (Å²) in [4.78, 5) is 26.4. The lowest BCUT2D eigenvalue weighted by atomic mass is 10.1. The van der Waals surface area contributed by atoms with Crippen LogP contribution in [0.15, 0.2) is 42.5 Å². The first-order valence-corrected chi connectivity index (χ1v) is 9.52. The summed E-state index contributed by atoms with van der Waals surface area (Å²) in [5.74, 6) is -1.30. The molecule has 2 aromatic rings. The summed E-state index contributed by atoms with van der Waals surface area (Å²) in [7, 11) is 0. The quantitative estimate of drug-likeness (QED) is 0.756. The van der Waals surface area contributed by atoms with Crippen LogP contribution < -0.4 is 5.32 Å². The van der Waals surface area contributed by atoms with Crippen LogP contribution in [0.2, 0.25) is 5.02 Å². The first-order chi connectivity index (χ1) is 13.6. The summed E-state index contributed by atoms with van der Waals surface area (Å²) >= 11 is 5.92. The van der Waals surface area contributed by atoms with E-state index in [4.69, 9.17) is 11.6 Å². The molecule has 2 aromatic carbocycles. The Kier molecular flexibility index (Phi) is 6.17. The van der Waals surface area contributed by atoms with Gasteiger partial charge in [-0.15, -0.1) is 0 Å². The van der Waals surface area contributed by atoms with Gasteiger partial charge in [0.05, 0.1) is 22.2 Å². The summed E-state index contributed by atoms with van der Waals surface area (Å²) in [6.07, 6.45) is -3.85. The van der Waals surface area contributed by atoms with Gasteiger partial charge in [0.15, 0.2) is 0 Å². The molecule has 0 bridgehead atoms. The third-order valence-corrected chi connectivity index (χ3v) is 5.26. The number of likely N-dealkylation sites (tertiary alicyclic amines) is 1. The number of hydrogen-bond acceptors (Lipinski definition) is 2. The van der Waals surface area contributed by atoms with Crippen LogP contribution in [0.1, 0.15) is 23.1 Å². The molecule has 0 aromatic heterocycles. The van der Waals surface area contributed by atoms with Gasteiger partial charge in [-0.1, -0.05) is 41.4 Å². The lowest BCUT2D eigenvalue weighted by Crippen LogP contribution is -2.30. The van der Waals surface area contributed by atoms with Gasteiger partial charge in [0.2, 0.25) is 11.8 Å². The maximum absolute atomic E-state index is 12.9. The fraction of sp³-hybridized carbons (Fsp3) is 0.333. The highest BCUT2D eigenvalue weighted by Gasteiger charge is 2.35. The predicted octanol–water partition coefficient (Wildman–Crippen LogP) is 4.70. The molecule has 1 saturated heterocycles. The van der Waals surface area contributed by atoms with Crippen molar-refractivity contribution in [3.8, 4) is 0 Å². The van der Waals surface area contributed by atoms with Crippen molar-refractivity contribution in [2.75, 3.05) is 18.4 Å². The molecule has 0 radical (unpaired) electrons. The molecular weight excluding hydrogens is 405 g/mol. The molecular formula is C21H20ClF3N2O2. The van der Waals surface area contributed by atoms with E-state index in [0.29, 0.717) is 13.0 Å². The van der Waals surface area contributed by atoms with Crippen LogP contribution in [0, 0.1) is 12.8 Å². The molecule has 4 nitrogen and oxygen atoms in total. The molecule has 2 amide bonds. The van der Waals surface area contributed by atoms with Gasteiger partial charge in [0.25, 0.3) is 0 Å². The van der Waals surface area contributed by atoms with Crippen molar-refractivity contribution in [2.45, 2.75) is 25.9 Å². The first-order valence-electron chi connectivity index (χ1n) is 9.14. The Morgan fingerprint density at radius 1 is 1.21 bits per heavy atom. The van der Waals surface area contributed by atoms with Crippen LogP contribution in [0.4, 0.5) is 18.9 Å². The number of hydrogen-bond donors (Lipinski definition) is 1. The number of nitrogens with zero attached hydrogens (tertiary/aromatic N) is 1. The highest BCUT2D eigenvalue weighted by Crippen LogP contribution is 2.34. The second kappa shape index (κ2) is 8.45. The Balaban J connectivity index is 1.61. The Morgan fingerprint density at radius 3 is 2.55 bits per heavy atom. The smallest absolute Gasteiger partial charge is 0.342 e. The van der Waals surface area contributed by atoms with Crippen molar-refractivity contribution in [1.29, 1.82) is 0 Å². The molecule has 0 aliphatic carbocycles. The number of halogens is 4. The van der Waals surface area contributed by atoms with Gasteiger partial charge in [-0.3, -0.25) is 9.59 Å². The van der Waals surface area contributed by atoms with Gasteiger partial charge >= 0.3 is 6.18 Å². The second-order valence-corrected chi connectivity index (χ2v) is 7.57. The molecule has 1 fully saturated rings. The number of benzene rings is 2. The molecule has 3 rings (SSSR count). The first kappa shape index (κ1) is 21.2. The number of carbonyl (C=O) groups is 2. The maximum atomic E-state index is 12.9. The van der Waals surface area contributed by atoms with Crippen LogP contribution >= 0.6 is 11.6 Å². The number of nitrogens with one attached hydrogen (secondary N) is 1. The Hall–Kier alpha value is -2.54. The van der Waals surface area contributed by atoms with Crippen molar-refractivity contribution < 1.29 is 22.8 Å². The summed E-state index contributed by atoms with van der Waals surface area (Å²) in [5.41, 5.74) is 1.22. The SMILES string of the molecule is Cc1ccc(CCN2CC(C(=O)Nc3cc(C(F)(F)F)ccc3Cl)CC2=O)cc1. The molecule has 1 atom stereocenters. The summed E-state index contributed by atoms with van der Waals surface area (Å²) < 4.78 is 38.6. The number of rotatable bonds is 5. The van der Waals surface area contributed by atoms with Gasteiger partial charge < -0.3 is 10.2 Å². The van der Waals surface area contributed by atoms with Crippen LogP contribution in [-0.2, 0) is 22.2 Å². The number of carbonyl (C=O) groups excluding carboxylic acids is 2. The van der Waals surface area contributed by atoms with E-state index in [1.54, 1.807) is 4.90 Å². The van der Waals surface area contributed by atoms with Gasteiger partial charge in [-0.2, -0.15) is 13.2 Å². The van der Waals surface area contributed by atoms with Crippen molar-refractivity contribution in [3.63, 3.8) is 0 Å². The van der Waals surface area contributed by atoms with Gasteiger partial charge in [-0.05, 0) is 37.1 Å². The zero-order valence-electron chi connectivity index (χ0n) is 15.7. The zero-order valence-corrected chi connectivity index (χ0v) is 16.5. The second-order valence-electron chi connectivity index (χ2n) is 7.16. The van der Waals surface area contributed by atoms with E-state index in [-0.39, 0.29) is 29.6 Å². The van der Waals surface area contributed by atoms with Crippen LogP contribution in [0.25, 0.3) is 0 Å². The highest BCUT2D eigenvalue weighted by molar-refractivity contribution is 6.33. The van der Waals surface area contributed by atoms with Crippen molar-refractivity contribution >= 4 is 29.1 Å². The number of amides is 2. The zero-order chi connectivity index (χ0) is 21.2. The van der Waals surface area contributed by atoms with Gasteiger partial charge in [0.1, 0.15) is 0 Å². The van der Waals surface area contributed by atoms with E-state index < -0.39 is 23.6 Å². The Bertz CT molecular complexity index is 913. The average Bonchev–Trinajstić information content (AvgIpc) is 3.03. The minimum absolute atomic E-state index is 0.00639. The molecule has 8 heteroatoms. The van der Waals surface area contributed by atoms with Crippen molar-refractivity contribution in [3.05, 3.63) is 64.2 Å². The van der Waals surface area contributed by atoms with E-state index >= 15 is 0 Å². The molecule has 0 saturated carbocycles. The molecule has 1 aliphatic heterocycles. The molecule has 1 aliphatic rings. The number of anilines is 1. The maximum Gasteiger partial charge on any atom is 0.416 e. The minimum Gasteiger partial charge on any atom is -0.342 e. The Labute approximate surface area is 171 Å². The van der Waals surface area contributed by atoms with Crippen molar-refractivity contribution in [1.82, 2.24) is 4.90 Å². The summed E-state index contributed by atoms with van der Waals surface area (Å²) in [6.45, 7) is 2.71. The predicted molar refractivity (Wildman–Crippen MR) is 105 cm³/mol. The fourth-order valence-corrected chi connectivity index (χ4v) is 3.38. The third kappa shape index (κ3) is 5.29. The minimum atomic E-state index is -4.54. The fourth-order valence-electron chi connectivity index (χ4n) is 3.21. The van der Waals surface area contributed by atoms with E-state index in [2.05, 4.69) is 5.32 Å². The molecule has 29 heavy (non-hydrogen) atoms. The van der Waals surface area contributed by atoms with E-state index in [1.165, 1.54) is 0 Å². The normalized spacial score (nSPS) is 16.9. The molecule has 1 heterocycles. The number of aryl methyl sites for hydroxylation is 1. The van der Waals surface area contributed by atoms with Crippen LogP contribution in [-0.4, -0.2) is 29.8 Å². The lowest BCUT2D eigenvalue weighted by Gasteiger charge is -2.17. The molecule has 154 valence electrons. The Morgan fingerprint density at radius 2 is 1.90 bits per heavy atom. The standard InChI is InChI=1S/C21H20ClF3N2O2/c1-13-2-4-14(5-3-13)8-9-27-12-15(10-19(27)28)20(29)26-18-11-16(21(23,24)25)6-7-17(18)22/h2-7,11,15H,8-10,12H2,1H3,(H,26,29). The summed E-state index contributed by atoms with van der Waals surface area (Å²) in [5, 5.41) is 2.44. The van der Waals surface area contributed by atoms with Gasteiger partial charge in [0, 0.05) is 19.5 Å². The molecule has 0 spiro atoms. The van der Waals surface area contributed by atoms with Crippen LogP contribution in [0.5, 0.6) is 0 Å². The number of alkyl halides is 3. The average molecular weight is 425 g/mol. The summed E-state index contributed by atoms with van der Waals surface area (Å²) in [6, 6.07) is 10.7. The highest BCUT2D eigenvalue weighted by atomic mass is 35.5. The molecule has 1 N–H and O–H groups in total. The topological polar surface area (TPSA) is 49.4 Å². The molecule has 1 unspecified atom stereocenters. The van der Waals surface area contributed by atoms with E-state index in [1.807, 2.05) is 31.2 Å². The van der Waals surface area contributed by atoms with Crippen molar-refractivity contribution in [2.24, 2.45) is 5.92 Å². The van der Waals surface area contributed by atoms with E-state index in [0.717, 1.165) is 29.3 Å².